The second kappa shape index (κ2) is 5.01. The van der Waals surface area contributed by atoms with Crippen LogP contribution in [0.25, 0.3) is 0 Å². The molecule has 11 heavy (non-hydrogen) atoms. The lowest BCUT2D eigenvalue weighted by atomic mass is 10.1. The van der Waals surface area contributed by atoms with Crippen molar-refractivity contribution in [1.82, 2.24) is 0 Å². The predicted molar refractivity (Wildman–Crippen MR) is 50.5 cm³/mol. The van der Waals surface area contributed by atoms with Crippen LogP contribution in [0.5, 0.6) is 0 Å². The van der Waals surface area contributed by atoms with Gasteiger partial charge in [-0.05, 0) is 18.1 Å². The van der Waals surface area contributed by atoms with Crippen molar-refractivity contribution in [2.45, 2.75) is 6.42 Å². The Morgan fingerprint density at radius 1 is 1.36 bits per heavy atom. The third-order valence-electron chi connectivity index (χ3n) is 1.42. The van der Waals surface area contributed by atoms with Crippen LogP contribution >= 0.6 is 0 Å². The van der Waals surface area contributed by atoms with Crippen molar-refractivity contribution in [1.29, 1.82) is 0 Å². The van der Waals surface area contributed by atoms with E-state index in [1.165, 1.54) is 0 Å². The Hall–Kier alpha value is -0.708. The molecule has 2 heteroatoms. The SMILES string of the molecule is C=CCc1ccccc1N.[Al]. The second-order valence-corrected chi connectivity index (χ2v) is 2.19. The van der Waals surface area contributed by atoms with Crippen LogP contribution in [-0.2, 0) is 6.42 Å². The Bertz CT molecular complexity index is 233. The summed E-state index contributed by atoms with van der Waals surface area (Å²) in [7, 11) is 0. The number of benzene rings is 1. The summed E-state index contributed by atoms with van der Waals surface area (Å²) >= 11 is 0. The van der Waals surface area contributed by atoms with E-state index in [1.54, 1.807) is 0 Å². The fraction of sp³-hybridized carbons (Fsp3) is 0.111. The van der Waals surface area contributed by atoms with Crippen LogP contribution < -0.4 is 5.73 Å². The van der Waals surface area contributed by atoms with Crippen molar-refractivity contribution in [2.24, 2.45) is 0 Å². The zero-order valence-electron chi connectivity index (χ0n) is 6.46. The van der Waals surface area contributed by atoms with E-state index in [1.807, 2.05) is 30.3 Å². The van der Waals surface area contributed by atoms with Crippen molar-refractivity contribution in [3.05, 3.63) is 42.5 Å². The van der Waals surface area contributed by atoms with Gasteiger partial charge in [0, 0.05) is 23.0 Å². The molecule has 0 aliphatic carbocycles. The Labute approximate surface area is 78.1 Å². The van der Waals surface area contributed by atoms with Crippen LogP contribution in [0.15, 0.2) is 36.9 Å². The molecule has 1 aromatic rings. The normalized spacial score (nSPS) is 8.36. The summed E-state index contributed by atoms with van der Waals surface area (Å²) in [4.78, 5) is 0. The topological polar surface area (TPSA) is 26.0 Å². The number of nitrogen functional groups attached to an aromatic ring is 1. The summed E-state index contributed by atoms with van der Waals surface area (Å²) in [5, 5.41) is 0. The van der Waals surface area contributed by atoms with Gasteiger partial charge in [-0.2, -0.15) is 0 Å². The molecule has 0 atom stereocenters. The minimum Gasteiger partial charge on any atom is -0.398 e. The molecule has 0 aliphatic heterocycles. The fourth-order valence-electron chi connectivity index (χ4n) is 0.876. The first-order valence-electron chi connectivity index (χ1n) is 3.29. The van der Waals surface area contributed by atoms with E-state index in [0.29, 0.717) is 0 Å². The Morgan fingerprint density at radius 2 is 2.00 bits per heavy atom. The number of anilines is 1. The minimum atomic E-state index is 0. The summed E-state index contributed by atoms with van der Waals surface area (Å²) in [5.74, 6) is 0. The second-order valence-electron chi connectivity index (χ2n) is 2.19. The molecule has 1 rings (SSSR count). The fourth-order valence-corrected chi connectivity index (χ4v) is 0.876. The highest BCUT2D eigenvalue weighted by atomic mass is 27.0. The summed E-state index contributed by atoms with van der Waals surface area (Å²) in [6.45, 7) is 3.64. The van der Waals surface area contributed by atoms with E-state index in [2.05, 4.69) is 6.58 Å². The smallest absolute Gasteiger partial charge is 0.0349 e. The lowest BCUT2D eigenvalue weighted by Gasteiger charge is -1.99. The van der Waals surface area contributed by atoms with Gasteiger partial charge in [-0.25, -0.2) is 0 Å². The van der Waals surface area contributed by atoms with Gasteiger partial charge in [-0.3, -0.25) is 0 Å². The summed E-state index contributed by atoms with van der Waals surface area (Å²) in [5.41, 5.74) is 7.66. The number of nitrogens with two attached hydrogens (primary N) is 1. The van der Waals surface area contributed by atoms with Gasteiger partial charge in [-0.15, -0.1) is 6.58 Å². The highest BCUT2D eigenvalue weighted by Gasteiger charge is 1.91. The van der Waals surface area contributed by atoms with Crippen molar-refractivity contribution in [2.75, 3.05) is 5.73 Å². The number of hydrogen-bond acceptors (Lipinski definition) is 1. The Balaban J connectivity index is 0.000001000. The molecule has 0 aromatic heterocycles. The molecule has 0 saturated carbocycles. The van der Waals surface area contributed by atoms with Gasteiger partial charge >= 0.3 is 0 Å². The molecule has 0 unspecified atom stereocenters. The lowest BCUT2D eigenvalue weighted by molar-refractivity contribution is 1.28. The molecular formula is C9H11AlN. The Morgan fingerprint density at radius 3 is 2.55 bits per heavy atom. The number of allylic oxidation sites excluding steroid dienone is 1. The molecule has 0 aliphatic rings. The van der Waals surface area contributed by atoms with E-state index in [4.69, 9.17) is 5.73 Å². The van der Waals surface area contributed by atoms with Crippen LogP contribution in [0.2, 0.25) is 0 Å². The largest absolute Gasteiger partial charge is 0.398 e. The summed E-state index contributed by atoms with van der Waals surface area (Å²) in [6, 6.07) is 7.83. The molecule has 3 radical (unpaired) electrons. The van der Waals surface area contributed by atoms with Crippen molar-refractivity contribution >= 4 is 23.0 Å². The number of para-hydroxylation sites is 1. The van der Waals surface area contributed by atoms with Crippen molar-refractivity contribution in [3.63, 3.8) is 0 Å². The molecular weight excluding hydrogens is 149 g/mol. The zero-order valence-corrected chi connectivity index (χ0v) is 7.61. The minimum absolute atomic E-state index is 0. The first-order chi connectivity index (χ1) is 4.84. The predicted octanol–water partition coefficient (Wildman–Crippen LogP) is 1.62. The molecule has 2 N–H and O–H groups in total. The molecule has 1 nitrogen and oxygen atoms in total. The third-order valence-corrected chi connectivity index (χ3v) is 1.42. The quantitative estimate of drug-likeness (QED) is 0.397. The van der Waals surface area contributed by atoms with Gasteiger partial charge in [0.2, 0.25) is 0 Å². The van der Waals surface area contributed by atoms with Crippen LogP contribution in [0, 0.1) is 0 Å². The maximum atomic E-state index is 5.66. The third kappa shape index (κ3) is 2.80. The van der Waals surface area contributed by atoms with Gasteiger partial charge in [-0.1, -0.05) is 24.3 Å². The molecule has 0 bridgehead atoms. The molecule has 0 spiro atoms. The van der Waals surface area contributed by atoms with E-state index in [-0.39, 0.29) is 17.4 Å². The molecule has 0 amide bonds. The maximum Gasteiger partial charge on any atom is 0.0349 e. The van der Waals surface area contributed by atoms with E-state index in [0.717, 1.165) is 17.7 Å². The lowest BCUT2D eigenvalue weighted by Crippen LogP contribution is -1.90. The monoisotopic (exact) mass is 160 g/mol. The molecule has 55 valence electrons. The highest BCUT2D eigenvalue weighted by molar-refractivity contribution is 5.75. The van der Waals surface area contributed by atoms with Crippen molar-refractivity contribution in [3.8, 4) is 0 Å². The van der Waals surface area contributed by atoms with Crippen LogP contribution in [0.3, 0.4) is 0 Å². The maximum absolute atomic E-state index is 5.66. The van der Waals surface area contributed by atoms with Gasteiger partial charge in [0.25, 0.3) is 0 Å². The van der Waals surface area contributed by atoms with E-state index >= 15 is 0 Å². The van der Waals surface area contributed by atoms with Gasteiger partial charge in [0.1, 0.15) is 0 Å². The van der Waals surface area contributed by atoms with Crippen LogP contribution in [0.1, 0.15) is 5.56 Å². The molecule has 0 heterocycles. The van der Waals surface area contributed by atoms with E-state index in [9.17, 15) is 0 Å². The highest BCUT2D eigenvalue weighted by Crippen LogP contribution is 2.10. The molecule has 0 fully saturated rings. The summed E-state index contributed by atoms with van der Waals surface area (Å²) < 4.78 is 0. The number of rotatable bonds is 2. The van der Waals surface area contributed by atoms with Gasteiger partial charge in [0.05, 0.1) is 0 Å². The van der Waals surface area contributed by atoms with Gasteiger partial charge < -0.3 is 5.73 Å². The standard InChI is InChI=1S/C9H11N.Al/c1-2-5-8-6-3-4-7-9(8)10;/h2-4,6-7H,1,5,10H2;. The van der Waals surface area contributed by atoms with Gasteiger partial charge in [0.15, 0.2) is 0 Å². The zero-order chi connectivity index (χ0) is 7.40. The number of hydrogen-bond donors (Lipinski definition) is 1. The molecule has 0 saturated heterocycles. The first-order valence-corrected chi connectivity index (χ1v) is 3.29. The first kappa shape index (κ1) is 10.3. The average molecular weight is 160 g/mol. The van der Waals surface area contributed by atoms with Crippen LogP contribution in [0.4, 0.5) is 5.69 Å². The average Bonchev–Trinajstić information content (AvgIpc) is 1.94. The van der Waals surface area contributed by atoms with Crippen molar-refractivity contribution < 1.29 is 0 Å². The summed E-state index contributed by atoms with van der Waals surface area (Å²) in [6.07, 6.45) is 2.71. The molecule has 1 aromatic carbocycles. The Kier molecular flexibility index (Phi) is 4.69. The van der Waals surface area contributed by atoms with Crippen LogP contribution in [-0.4, -0.2) is 17.4 Å². The van der Waals surface area contributed by atoms with E-state index < -0.39 is 0 Å².